The van der Waals surface area contributed by atoms with Crippen LogP contribution in [0.5, 0.6) is 11.5 Å². The molecular formula is C17H30N2O2. The summed E-state index contributed by atoms with van der Waals surface area (Å²) in [4.78, 5) is 2.42. The lowest BCUT2D eigenvalue weighted by atomic mass is 10.0. The highest BCUT2D eigenvalue weighted by Crippen LogP contribution is 2.29. The standard InChI is InChI=1S/C17H30N2O2/c1-12(2)10-19(13(3)4)11-16(18)15-8-7-14(20-5)9-17(15)21-6/h7-9,12-13,16H,10-11,18H2,1-6H3. The lowest BCUT2D eigenvalue weighted by molar-refractivity contribution is 0.185. The molecule has 0 fully saturated rings. The van der Waals surface area contributed by atoms with Crippen molar-refractivity contribution in [3.05, 3.63) is 23.8 Å². The van der Waals surface area contributed by atoms with Gasteiger partial charge in [-0.1, -0.05) is 19.9 Å². The summed E-state index contributed by atoms with van der Waals surface area (Å²) in [5.74, 6) is 2.19. The van der Waals surface area contributed by atoms with Crippen molar-refractivity contribution in [1.29, 1.82) is 0 Å². The van der Waals surface area contributed by atoms with Gasteiger partial charge in [0, 0.05) is 36.8 Å². The van der Waals surface area contributed by atoms with Crippen LogP contribution in [0.15, 0.2) is 18.2 Å². The molecule has 4 nitrogen and oxygen atoms in total. The van der Waals surface area contributed by atoms with Crippen molar-refractivity contribution in [1.82, 2.24) is 4.90 Å². The Morgan fingerprint density at radius 2 is 1.71 bits per heavy atom. The van der Waals surface area contributed by atoms with Crippen LogP contribution in [0.2, 0.25) is 0 Å². The maximum atomic E-state index is 6.41. The number of nitrogens with two attached hydrogens (primary N) is 1. The fourth-order valence-corrected chi connectivity index (χ4v) is 2.44. The zero-order valence-electron chi connectivity index (χ0n) is 14.2. The minimum absolute atomic E-state index is 0.0768. The number of benzene rings is 1. The molecule has 0 saturated heterocycles. The molecule has 0 bridgehead atoms. The lowest BCUT2D eigenvalue weighted by Gasteiger charge is -2.31. The third kappa shape index (κ3) is 5.21. The molecule has 120 valence electrons. The van der Waals surface area contributed by atoms with E-state index in [4.69, 9.17) is 15.2 Å². The van der Waals surface area contributed by atoms with Crippen LogP contribution in [0.3, 0.4) is 0 Å². The Hall–Kier alpha value is -1.26. The number of hydrogen-bond donors (Lipinski definition) is 1. The van der Waals surface area contributed by atoms with E-state index in [1.807, 2.05) is 18.2 Å². The van der Waals surface area contributed by atoms with E-state index in [2.05, 4.69) is 32.6 Å². The third-order valence-electron chi connectivity index (χ3n) is 3.60. The van der Waals surface area contributed by atoms with Crippen molar-refractivity contribution in [2.75, 3.05) is 27.3 Å². The summed E-state index contributed by atoms with van der Waals surface area (Å²) >= 11 is 0. The van der Waals surface area contributed by atoms with Crippen molar-refractivity contribution in [2.45, 2.75) is 39.8 Å². The van der Waals surface area contributed by atoms with Crippen molar-refractivity contribution in [2.24, 2.45) is 11.7 Å². The smallest absolute Gasteiger partial charge is 0.127 e. The first-order chi connectivity index (χ1) is 9.88. The molecule has 1 rings (SSSR count). The van der Waals surface area contributed by atoms with Crippen molar-refractivity contribution in [3.63, 3.8) is 0 Å². The van der Waals surface area contributed by atoms with Crippen LogP contribution in [0.1, 0.15) is 39.3 Å². The van der Waals surface area contributed by atoms with Gasteiger partial charge in [-0.05, 0) is 25.8 Å². The number of methoxy groups -OCH3 is 2. The van der Waals surface area contributed by atoms with Crippen LogP contribution in [-0.4, -0.2) is 38.3 Å². The molecule has 2 N–H and O–H groups in total. The average Bonchev–Trinajstić information content (AvgIpc) is 2.45. The van der Waals surface area contributed by atoms with E-state index in [0.717, 1.165) is 30.2 Å². The topological polar surface area (TPSA) is 47.7 Å². The van der Waals surface area contributed by atoms with Gasteiger partial charge < -0.3 is 15.2 Å². The second-order valence-corrected chi connectivity index (χ2v) is 6.16. The second-order valence-electron chi connectivity index (χ2n) is 6.16. The molecule has 0 aromatic heterocycles. The van der Waals surface area contributed by atoms with Gasteiger partial charge in [-0.3, -0.25) is 4.90 Å². The predicted octanol–water partition coefficient (Wildman–Crippen LogP) is 3.07. The monoisotopic (exact) mass is 294 g/mol. The summed E-state index contributed by atoms with van der Waals surface area (Å²) in [6.07, 6.45) is 0. The quantitative estimate of drug-likeness (QED) is 0.800. The molecular weight excluding hydrogens is 264 g/mol. The maximum Gasteiger partial charge on any atom is 0.127 e. The van der Waals surface area contributed by atoms with Crippen LogP contribution >= 0.6 is 0 Å². The molecule has 0 heterocycles. The average molecular weight is 294 g/mol. The summed E-state index contributed by atoms with van der Waals surface area (Å²) in [5.41, 5.74) is 7.44. The molecule has 0 aliphatic heterocycles. The minimum atomic E-state index is -0.0768. The molecule has 0 saturated carbocycles. The molecule has 4 heteroatoms. The Bertz CT molecular complexity index is 433. The zero-order valence-corrected chi connectivity index (χ0v) is 14.2. The molecule has 1 aromatic rings. The van der Waals surface area contributed by atoms with Gasteiger partial charge in [0.1, 0.15) is 11.5 Å². The van der Waals surface area contributed by atoms with Gasteiger partial charge in [0.15, 0.2) is 0 Å². The SMILES string of the molecule is COc1ccc(C(N)CN(CC(C)C)C(C)C)c(OC)c1. The highest BCUT2D eigenvalue weighted by atomic mass is 16.5. The Kier molecular flexibility index (Phi) is 6.99. The Labute approximate surface area is 129 Å². The Morgan fingerprint density at radius 1 is 1.05 bits per heavy atom. The summed E-state index contributed by atoms with van der Waals surface area (Å²) in [6, 6.07) is 6.21. The van der Waals surface area contributed by atoms with Crippen LogP contribution in [-0.2, 0) is 0 Å². The highest BCUT2D eigenvalue weighted by molar-refractivity contribution is 5.42. The number of rotatable bonds is 8. The van der Waals surface area contributed by atoms with Gasteiger partial charge in [-0.15, -0.1) is 0 Å². The number of ether oxygens (including phenoxy) is 2. The fraction of sp³-hybridized carbons (Fsp3) is 0.647. The lowest BCUT2D eigenvalue weighted by Crippen LogP contribution is -2.39. The highest BCUT2D eigenvalue weighted by Gasteiger charge is 2.19. The molecule has 21 heavy (non-hydrogen) atoms. The largest absolute Gasteiger partial charge is 0.497 e. The first kappa shape index (κ1) is 17.8. The second kappa shape index (κ2) is 8.25. The summed E-state index contributed by atoms with van der Waals surface area (Å²) in [5, 5.41) is 0. The van der Waals surface area contributed by atoms with Crippen molar-refractivity contribution < 1.29 is 9.47 Å². The maximum absolute atomic E-state index is 6.41. The first-order valence-electron chi connectivity index (χ1n) is 7.60. The van der Waals surface area contributed by atoms with Gasteiger partial charge in [0.2, 0.25) is 0 Å². The normalized spacial score (nSPS) is 13.0. The van der Waals surface area contributed by atoms with Crippen molar-refractivity contribution >= 4 is 0 Å². The molecule has 1 aromatic carbocycles. The molecule has 1 unspecified atom stereocenters. The van der Waals surface area contributed by atoms with Crippen LogP contribution in [0, 0.1) is 5.92 Å². The van der Waals surface area contributed by atoms with E-state index in [1.54, 1.807) is 14.2 Å². The third-order valence-corrected chi connectivity index (χ3v) is 3.60. The van der Waals surface area contributed by atoms with E-state index < -0.39 is 0 Å². The molecule has 0 spiro atoms. The predicted molar refractivity (Wildman–Crippen MR) is 88.0 cm³/mol. The van der Waals surface area contributed by atoms with E-state index in [9.17, 15) is 0 Å². The summed E-state index contributed by atoms with van der Waals surface area (Å²) in [7, 11) is 3.32. The Balaban J connectivity index is 2.88. The molecule has 1 atom stereocenters. The number of hydrogen-bond acceptors (Lipinski definition) is 4. The zero-order chi connectivity index (χ0) is 16.0. The van der Waals surface area contributed by atoms with E-state index in [0.29, 0.717) is 12.0 Å². The van der Waals surface area contributed by atoms with Gasteiger partial charge in [-0.25, -0.2) is 0 Å². The van der Waals surface area contributed by atoms with Crippen LogP contribution < -0.4 is 15.2 Å². The molecule has 0 amide bonds. The minimum Gasteiger partial charge on any atom is -0.497 e. The Morgan fingerprint density at radius 3 is 2.19 bits per heavy atom. The molecule has 0 aliphatic rings. The van der Waals surface area contributed by atoms with Gasteiger partial charge in [-0.2, -0.15) is 0 Å². The fourth-order valence-electron chi connectivity index (χ4n) is 2.44. The first-order valence-corrected chi connectivity index (χ1v) is 7.60. The van der Waals surface area contributed by atoms with E-state index in [1.165, 1.54) is 0 Å². The van der Waals surface area contributed by atoms with Crippen molar-refractivity contribution in [3.8, 4) is 11.5 Å². The van der Waals surface area contributed by atoms with Crippen LogP contribution in [0.25, 0.3) is 0 Å². The van der Waals surface area contributed by atoms with Gasteiger partial charge >= 0.3 is 0 Å². The van der Waals surface area contributed by atoms with Crippen LogP contribution in [0.4, 0.5) is 0 Å². The number of nitrogens with zero attached hydrogens (tertiary/aromatic N) is 1. The van der Waals surface area contributed by atoms with Gasteiger partial charge in [0.25, 0.3) is 0 Å². The van der Waals surface area contributed by atoms with Gasteiger partial charge in [0.05, 0.1) is 14.2 Å². The molecule has 0 radical (unpaired) electrons. The van der Waals surface area contributed by atoms with E-state index >= 15 is 0 Å². The van der Waals surface area contributed by atoms with E-state index in [-0.39, 0.29) is 6.04 Å². The summed E-state index contributed by atoms with van der Waals surface area (Å²) < 4.78 is 10.7. The molecule has 0 aliphatic carbocycles. The summed E-state index contributed by atoms with van der Waals surface area (Å²) in [6.45, 7) is 10.7.